The maximum atomic E-state index is 11.8. The first-order chi connectivity index (χ1) is 13.1. The highest BCUT2D eigenvalue weighted by Gasteiger charge is 2.22. The predicted octanol–water partition coefficient (Wildman–Crippen LogP) is 1.12. The molecule has 0 radical (unpaired) electrons. The molecule has 0 bridgehead atoms. The van der Waals surface area contributed by atoms with Crippen molar-refractivity contribution in [1.29, 1.82) is 0 Å². The van der Waals surface area contributed by atoms with Crippen molar-refractivity contribution in [2.45, 2.75) is 6.10 Å². The summed E-state index contributed by atoms with van der Waals surface area (Å²) < 4.78 is 5.76. The summed E-state index contributed by atoms with van der Waals surface area (Å²) in [7, 11) is 3.04. The SMILES string of the molecule is C=CC(=O)N(C)CC(CN(C)C(=O)C=C)Oc1ccc(C(=O)O)c(C(=O)O)c1. The number of aromatic carboxylic acids is 2. The van der Waals surface area contributed by atoms with E-state index in [1.165, 1.54) is 30.0 Å². The summed E-state index contributed by atoms with van der Waals surface area (Å²) in [5, 5.41) is 18.3. The monoisotopic (exact) mass is 390 g/mol. The lowest BCUT2D eigenvalue weighted by Crippen LogP contribution is -2.44. The molecule has 0 fully saturated rings. The van der Waals surface area contributed by atoms with Crippen LogP contribution >= 0.6 is 0 Å². The fourth-order valence-electron chi connectivity index (χ4n) is 2.39. The molecule has 2 amide bonds. The van der Waals surface area contributed by atoms with Crippen LogP contribution in [-0.2, 0) is 9.59 Å². The molecular formula is C19H22N2O7. The van der Waals surface area contributed by atoms with E-state index in [-0.39, 0.29) is 36.2 Å². The molecule has 2 N–H and O–H groups in total. The maximum absolute atomic E-state index is 11.8. The number of carbonyl (C=O) groups excluding carboxylic acids is 2. The number of benzene rings is 1. The first kappa shape index (κ1) is 22.4. The van der Waals surface area contributed by atoms with Crippen LogP contribution in [0, 0.1) is 0 Å². The Kier molecular flexibility index (Phi) is 7.93. The van der Waals surface area contributed by atoms with E-state index in [9.17, 15) is 24.3 Å². The molecule has 0 unspecified atom stereocenters. The number of amides is 2. The van der Waals surface area contributed by atoms with Crippen LogP contribution in [0.2, 0.25) is 0 Å². The summed E-state index contributed by atoms with van der Waals surface area (Å²) >= 11 is 0. The molecule has 0 aromatic heterocycles. The number of nitrogens with zero attached hydrogens (tertiary/aromatic N) is 2. The summed E-state index contributed by atoms with van der Waals surface area (Å²) in [5.74, 6) is -3.44. The third-order valence-electron chi connectivity index (χ3n) is 3.81. The van der Waals surface area contributed by atoms with Crippen molar-refractivity contribution in [1.82, 2.24) is 9.80 Å². The lowest BCUT2D eigenvalue weighted by atomic mass is 10.1. The third kappa shape index (κ3) is 5.97. The minimum atomic E-state index is -1.42. The molecule has 0 saturated carbocycles. The van der Waals surface area contributed by atoms with E-state index in [0.29, 0.717) is 0 Å². The van der Waals surface area contributed by atoms with Crippen molar-refractivity contribution in [3.8, 4) is 5.75 Å². The van der Waals surface area contributed by atoms with Gasteiger partial charge in [-0.15, -0.1) is 0 Å². The van der Waals surface area contributed by atoms with Crippen LogP contribution in [0.1, 0.15) is 20.7 Å². The van der Waals surface area contributed by atoms with E-state index in [4.69, 9.17) is 9.84 Å². The number of carboxylic acid groups (broad SMARTS) is 2. The van der Waals surface area contributed by atoms with E-state index < -0.39 is 23.6 Å². The van der Waals surface area contributed by atoms with Gasteiger partial charge in [-0.25, -0.2) is 9.59 Å². The van der Waals surface area contributed by atoms with Gasteiger partial charge < -0.3 is 24.7 Å². The van der Waals surface area contributed by atoms with E-state index in [1.54, 1.807) is 0 Å². The summed E-state index contributed by atoms with van der Waals surface area (Å²) in [5.41, 5.74) is -0.816. The average molecular weight is 390 g/mol. The van der Waals surface area contributed by atoms with E-state index in [0.717, 1.165) is 24.3 Å². The molecule has 0 atom stereocenters. The Morgan fingerprint density at radius 2 is 1.43 bits per heavy atom. The number of ether oxygens (including phenoxy) is 1. The molecule has 0 aliphatic rings. The molecule has 0 spiro atoms. The number of carbonyl (C=O) groups is 4. The molecule has 0 heterocycles. The van der Waals surface area contributed by atoms with Gasteiger partial charge in [0.05, 0.1) is 24.2 Å². The second-order valence-corrected chi connectivity index (χ2v) is 5.90. The van der Waals surface area contributed by atoms with Crippen LogP contribution in [0.5, 0.6) is 5.75 Å². The molecule has 9 heteroatoms. The van der Waals surface area contributed by atoms with Gasteiger partial charge >= 0.3 is 11.9 Å². The smallest absolute Gasteiger partial charge is 0.336 e. The van der Waals surface area contributed by atoms with Crippen molar-refractivity contribution in [3.05, 3.63) is 54.6 Å². The van der Waals surface area contributed by atoms with Crippen molar-refractivity contribution in [3.63, 3.8) is 0 Å². The summed E-state index contributed by atoms with van der Waals surface area (Å²) in [6.07, 6.45) is 1.53. The summed E-state index contributed by atoms with van der Waals surface area (Å²) in [6.45, 7) is 6.95. The van der Waals surface area contributed by atoms with E-state index in [1.807, 2.05) is 0 Å². The molecule has 1 aromatic rings. The number of hydrogen-bond acceptors (Lipinski definition) is 5. The van der Waals surface area contributed by atoms with Gasteiger partial charge in [-0.1, -0.05) is 13.2 Å². The zero-order valence-corrected chi connectivity index (χ0v) is 15.6. The Labute approximate surface area is 162 Å². The van der Waals surface area contributed by atoms with Crippen LogP contribution in [0.4, 0.5) is 0 Å². The summed E-state index contributed by atoms with van der Waals surface area (Å²) in [6, 6.07) is 3.52. The molecular weight excluding hydrogens is 368 g/mol. The highest BCUT2D eigenvalue weighted by molar-refractivity contribution is 6.02. The fraction of sp³-hybridized carbons (Fsp3) is 0.263. The standard InChI is InChI=1S/C19H22N2O7/c1-5-16(22)20(3)10-13(11-21(4)17(23)6-2)28-12-7-8-14(18(24)25)15(9-12)19(26)27/h5-9,13H,1-2,10-11H2,3-4H3,(H,24,25)(H,26,27). The first-order valence-electron chi connectivity index (χ1n) is 8.13. The van der Waals surface area contributed by atoms with Gasteiger partial charge in [-0.2, -0.15) is 0 Å². The largest absolute Gasteiger partial charge is 0.487 e. The minimum absolute atomic E-state index is 0.0721. The molecule has 0 saturated heterocycles. The Morgan fingerprint density at radius 3 is 1.82 bits per heavy atom. The number of likely N-dealkylation sites (N-methyl/N-ethyl adjacent to an activating group) is 2. The van der Waals surface area contributed by atoms with Gasteiger partial charge in [-0.05, 0) is 30.4 Å². The van der Waals surface area contributed by atoms with Gasteiger partial charge in [0.15, 0.2) is 0 Å². The number of carboxylic acids is 2. The topological polar surface area (TPSA) is 124 Å². The van der Waals surface area contributed by atoms with Crippen LogP contribution in [0.3, 0.4) is 0 Å². The Hall–Kier alpha value is -3.62. The van der Waals surface area contributed by atoms with Crippen LogP contribution in [-0.4, -0.2) is 77.1 Å². The van der Waals surface area contributed by atoms with E-state index >= 15 is 0 Å². The summed E-state index contributed by atoms with van der Waals surface area (Å²) in [4.78, 5) is 48.6. The number of rotatable bonds is 10. The Bertz CT molecular complexity index is 775. The van der Waals surface area contributed by atoms with Gasteiger partial charge in [0.25, 0.3) is 0 Å². The zero-order chi connectivity index (χ0) is 21.4. The highest BCUT2D eigenvalue weighted by Crippen LogP contribution is 2.20. The molecule has 9 nitrogen and oxygen atoms in total. The molecule has 1 rings (SSSR count). The van der Waals surface area contributed by atoms with Crippen LogP contribution < -0.4 is 4.74 Å². The van der Waals surface area contributed by atoms with Crippen molar-refractivity contribution >= 4 is 23.8 Å². The van der Waals surface area contributed by atoms with Crippen molar-refractivity contribution < 1.29 is 34.1 Å². The van der Waals surface area contributed by atoms with E-state index in [2.05, 4.69) is 13.2 Å². The van der Waals surface area contributed by atoms with Gasteiger partial charge in [-0.3, -0.25) is 9.59 Å². The number of hydrogen-bond donors (Lipinski definition) is 2. The van der Waals surface area contributed by atoms with Gasteiger partial charge in [0, 0.05) is 14.1 Å². The zero-order valence-electron chi connectivity index (χ0n) is 15.6. The van der Waals surface area contributed by atoms with Gasteiger partial charge in [0.1, 0.15) is 11.9 Å². The quantitative estimate of drug-likeness (QED) is 0.574. The van der Waals surface area contributed by atoms with Crippen LogP contribution in [0.25, 0.3) is 0 Å². The Morgan fingerprint density at radius 1 is 0.964 bits per heavy atom. The fourth-order valence-corrected chi connectivity index (χ4v) is 2.39. The maximum Gasteiger partial charge on any atom is 0.336 e. The van der Waals surface area contributed by atoms with Crippen LogP contribution in [0.15, 0.2) is 43.5 Å². The lowest BCUT2D eigenvalue weighted by molar-refractivity contribution is -0.127. The van der Waals surface area contributed by atoms with Crippen molar-refractivity contribution in [2.24, 2.45) is 0 Å². The van der Waals surface area contributed by atoms with Crippen molar-refractivity contribution in [2.75, 3.05) is 27.2 Å². The normalized spacial score (nSPS) is 10.1. The molecule has 0 aliphatic heterocycles. The molecule has 28 heavy (non-hydrogen) atoms. The predicted molar refractivity (Wildman–Crippen MR) is 100 cm³/mol. The van der Waals surface area contributed by atoms with Gasteiger partial charge in [0.2, 0.25) is 11.8 Å². The Balaban J connectivity index is 3.15. The molecule has 1 aromatic carbocycles. The average Bonchev–Trinajstić information content (AvgIpc) is 2.65. The third-order valence-corrected chi connectivity index (χ3v) is 3.81. The highest BCUT2D eigenvalue weighted by atomic mass is 16.5. The first-order valence-corrected chi connectivity index (χ1v) is 8.13. The molecule has 150 valence electrons. The second kappa shape index (κ2) is 9.91. The second-order valence-electron chi connectivity index (χ2n) is 5.90. The minimum Gasteiger partial charge on any atom is -0.487 e. The molecule has 0 aliphatic carbocycles. The lowest BCUT2D eigenvalue weighted by Gasteiger charge is -2.28.